The molecule has 2 heterocycles. The van der Waals surface area contributed by atoms with Crippen molar-refractivity contribution in [1.82, 2.24) is 15.5 Å². The standard InChI is InChI=1S/C10H13N3OS/c1-7(2)12-6-8-5-9(14-13-8)10-11-3-4-15-10/h3-5,7,12H,6H2,1-2H3. The summed E-state index contributed by atoms with van der Waals surface area (Å²) < 4.78 is 5.20. The molecule has 2 aromatic heterocycles. The van der Waals surface area contributed by atoms with E-state index in [9.17, 15) is 0 Å². The van der Waals surface area contributed by atoms with Gasteiger partial charge in [0.25, 0.3) is 0 Å². The van der Waals surface area contributed by atoms with E-state index in [0.29, 0.717) is 6.04 Å². The Morgan fingerprint density at radius 1 is 1.53 bits per heavy atom. The van der Waals surface area contributed by atoms with Crippen LogP contribution in [0.3, 0.4) is 0 Å². The molecule has 80 valence electrons. The average Bonchev–Trinajstić information content (AvgIpc) is 2.85. The summed E-state index contributed by atoms with van der Waals surface area (Å²) in [5.41, 5.74) is 0.911. The van der Waals surface area contributed by atoms with Crippen molar-refractivity contribution < 1.29 is 4.52 Å². The summed E-state index contributed by atoms with van der Waals surface area (Å²) in [6, 6.07) is 2.37. The topological polar surface area (TPSA) is 51.0 Å². The Kier molecular flexibility index (Phi) is 3.13. The molecule has 0 aliphatic carbocycles. The Morgan fingerprint density at radius 2 is 2.40 bits per heavy atom. The number of hydrogen-bond donors (Lipinski definition) is 1. The monoisotopic (exact) mass is 223 g/mol. The summed E-state index contributed by atoms with van der Waals surface area (Å²) in [6.45, 7) is 4.93. The first kappa shape index (κ1) is 10.3. The van der Waals surface area contributed by atoms with E-state index < -0.39 is 0 Å². The molecule has 0 atom stereocenters. The highest BCUT2D eigenvalue weighted by Crippen LogP contribution is 2.22. The molecule has 0 unspecified atom stereocenters. The predicted octanol–water partition coefficient (Wildman–Crippen LogP) is 2.30. The highest BCUT2D eigenvalue weighted by molar-refractivity contribution is 7.13. The smallest absolute Gasteiger partial charge is 0.195 e. The lowest BCUT2D eigenvalue weighted by Gasteiger charge is -2.03. The molecule has 0 saturated heterocycles. The van der Waals surface area contributed by atoms with E-state index in [2.05, 4.69) is 29.3 Å². The second-order valence-electron chi connectivity index (χ2n) is 3.56. The largest absolute Gasteiger partial charge is 0.353 e. The molecule has 0 amide bonds. The zero-order valence-electron chi connectivity index (χ0n) is 8.73. The first-order chi connectivity index (χ1) is 7.25. The van der Waals surface area contributed by atoms with Crippen LogP contribution >= 0.6 is 11.3 Å². The van der Waals surface area contributed by atoms with Crippen LogP contribution in [-0.4, -0.2) is 16.2 Å². The Morgan fingerprint density at radius 3 is 3.07 bits per heavy atom. The molecule has 0 fully saturated rings. The number of nitrogens with one attached hydrogen (secondary N) is 1. The number of aromatic nitrogens is 2. The minimum atomic E-state index is 0.449. The Labute approximate surface area is 92.3 Å². The van der Waals surface area contributed by atoms with Gasteiger partial charge in [0, 0.05) is 30.2 Å². The van der Waals surface area contributed by atoms with Gasteiger partial charge in [-0.25, -0.2) is 4.98 Å². The SMILES string of the molecule is CC(C)NCc1cc(-c2nccs2)on1. The Hall–Kier alpha value is -1.20. The maximum Gasteiger partial charge on any atom is 0.195 e. The van der Waals surface area contributed by atoms with Crippen LogP contribution in [0.4, 0.5) is 0 Å². The minimum Gasteiger partial charge on any atom is -0.353 e. The van der Waals surface area contributed by atoms with Gasteiger partial charge < -0.3 is 9.84 Å². The third-order valence-corrected chi connectivity index (χ3v) is 2.68. The average molecular weight is 223 g/mol. The van der Waals surface area contributed by atoms with Crippen LogP contribution in [0.15, 0.2) is 22.2 Å². The lowest BCUT2D eigenvalue weighted by Crippen LogP contribution is -2.21. The molecule has 4 nitrogen and oxygen atoms in total. The van der Waals surface area contributed by atoms with Gasteiger partial charge in [-0.15, -0.1) is 11.3 Å². The van der Waals surface area contributed by atoms with Crippen molar-refractivity contribution in [2.75, 3.05) is 0 Å². The van der Waals surface area contributed by atoms with Crippen molar-refractivity contribution in [3.8, 4) is 10.8 Å². The van der Waals surface area contributed by atoms with Crippen LogP contribution in [0, 0.1) is 0 Å². The number of hydrogen-bond acceptors (Lipinski definition) is 5. The van der Waals surface area contributed by atoms with E-state index >= 15 is 0 Å². The lowest BCUT2D eigenvalue weighted by atomic mass is 10.3. The molecule has 0 saturated carbocycles. The summed E-state index contributed by atoms with van der Waals surface area (Å²) in [6.07, 6.45) is 1.76. The van der Waals surface area contributed by atoms with Crippen molar-refractivity contribution in [3.05, 3.63) is 23.3 Å². The molecule has 1 N–H and O–H groups in total. The van der Waals surface area contributed by atoms with Crippen molar-refractivity contribution in [1.29, 1.82) is 0 Å². The van der Waals surface area contributed by atoms with Crippen molar-refractivity contribution in [3.63, 3.8) is 0 Å². The van der Waals surface area contributed by atoms with Crippen LogP contribution in [0.5, 0.6) is 0 Å². The van der Waals surface area contributed by atoms with Gasteiger partial charge in [-0.1, -0.05) is 19.0 Å². The molecule has 2 rings (SSSR count). The molecular formula is C10H13N3OS. The summed E-state index contributed by atoms with van der Waals surface area (Å²) in [7, 11) is 0. The van der Waals surface area contributed by atoms with Gasteiger partial charge in [0.15, 0.2) is 10.8 Å². The Balaban J connectivity index is 2.04. The number of nitrogens with zero attached hydrogens (tertiary/aromatic N) is 2. The fourth-order valence-corrected chi connectivity index (χ4v) is 1.73. The van der Waals surface area contributed by atoms with E-state index in [4.69, 9.17) is 4.52 Å². The fourth-order valence-electron chi connectivity index (χ4n) is 1.15. The predicted molar refractivity (Wildman–Crippen MR) is 59.6 cm³/mol. The molecule has 15 heavy (non-hydrogen) atoms. The zero-order valence-corrected chi connectivity index (χ0v) is 9.54. The van der Waals surface area contributed by atoms with Gasteiger partial charge in [-0.05, 0) is 0 Å². The van der Waals surface area contributed by atoms with Gasteiger partial charge in [-0.3, -0.25) is 0 Å². The van der Waals surface area contributed by atoms with Gasteiger partial charge in [-0.2, -0.15) is 0 Å². The van der Waals surface area contributed by atoms with Gasteiger partial charge in [0.2, 0.25) is 0 Å². The fraction of sp³-hybridized carbons (Fsp3) is 0.400. The van der Waals surface area contributed by atoms with E-state index in [1.54, 1.807) is 17.5 Å². The molecule has 0 aromatic carbocycles. The minimum absolute atomic E-state index is 0.449. The molecule has 0 aliphatic rings. The summed E-state index contributed by atoms with van der Waals surface area (Å²) in [5, 5.41) is 10.0. The van der Waals surface area contributed by atoms with Crippen LogP contribution < -0.4 is 5.32 Å². The molecular weight excluding hydrogens is 210 g/mol. The second kappa shape index (κ2) is 4.55. The summed E-state index contributed by atoms with van der Waals surface area (Å²) >= 11 is 1.55. The van der Waals surface area contributed by atoms with Gasteiger partial charge >= 0.3 is 0 Å². The van der Waals surface area contributed by atoms with E-state index in [-0.39, 0.29) is 0 Å². The van der Waals surface area contributed by atoms with Crippen LogP contribution in [-0.2, 0) is 6.54 Å². The Bertz CT molecular complexity index is 408. The molecule has 0 spiro atoms. The van der Waals surface area contributed by atoms with Crippen molar-refractivity contribution >= 4 is 11.3 Å². The highest BCUT2D eigenvalue weighted by atomic mass is 32.1. The van der Waals surface area contributed by atoms with E-state index in [1.165, 1.54) is 0 Å². The van der Waals surface area contributed by atoms with Gasteiger partial charge in [0.1, 0.15) is 0 Å². The third-order valence-electron chi connectivity index (χ3n) is 1.89. The molecule has 0 radical (unpaired) electrons. The van der Waals surface area contributed by atoms with Crippen LogP contribution in [0.25, 0.3) is 10.8 Å². The third kappa shape index (κ3) is 2.64. The highest BCUT2D eigenvalue weighted by Gasteiger charge is 2.08. The van der Waals surface area contributed by atoms with Crippen LogP contribution in [0.1, 0.15) is 19.5 Å². The maximum absolute atomic E-state index is 5.20. The summed E-state index contributed by atoms with van der Waals surface area (Å²) in [5.74, 6) is 0.741. The van der Waals surface area contributed by atoms with E-state index in [0.717, 1.165) is 23.0 Å². The first-order valence-electron chi connectivity index (χ1n) is 4.84. The number of rotatable bonds is 4. The first-order valence-corrected chi connectivity index (χ1v) is 5.72. The van der Waals surface area contributed by atoms with Crippen LogP contribution in [0.2, 0.25) is 0 Å². The zero-order chi connectivity index (χ0) is 10.7. The van der Waals surface area contributed by atoms with Crippen molar-refractivity contribution in [2.45, 2.75) is 26.4 Å². The lowest BCUT2D eigenvalue weighted by molar-refractivity contribution is 0.417. The maximum atomic E-state index is 5.20. The molecule has 0 aliphatic heterocycles. The molecule has 2 aromatic rings. The van der Waals surface area contributed by atoms with Gasteiger partial charge in [0.05, 0.1) is 5.69 Å². The molecule has 5 heteroatoms. The number of thiazole rings is 1. The second-order valence-corrected chi connectivity index (χ2v) is 4.45. The van der Waals surface area contributed by atoms with E-state index in [1.807, 2.05) is 11.4 Å². The quantitative estimate of drug-likeness (QED) is 0.864. The summed E-state index contributed by atoms with van der Waals surface area (Å²) in [4.78, 5) is 4.16. The molecule has 0 bridgehead atoms. The normalized spacial score (nSPS) is 11.1. The van der Waals surface area contributed by atoms with Crippen molar-refractivity contribution in [2.24, 2.45) is 0 Å².